The van der Waals surface area contributed by atoms with E-state index in [1.807, 2.05) is 6.07 Å². The zero-order valence-electron chi connectivity index (χ0n) is 13.1. The quantitative estimate of drug-likeness (QED) is 0.884. The zero-order valence-corrected chi connectivity index (χ0v) is 13.1. The Morgan fingerprint density at radius 2 is 2.25 bits per heavy atom. The Bertz CT molecular complexity index is 776. The van der Waals surface area contributed by atoms with Gasteiger partial charge in [0.15, 0.2) is 5.82 Å². The number of benzene rings is 1. The van der Waals surface area contributed by atoms with Gasteiger partial charge in [0.1, 0.15) is 17.4 Å². The van der Waals surface area contributed by atoms with E-state index >= 15 is 0 Å². The highest BCUT2D eigenvalue weighted by Crippen LogP contribution is 2.28. The number of nitrogens with zero attached hydrogens (tertiary/aromatic N) is 3. The van der Waals surface area contributed by atoms with Crippen molar-refractivity contribution in [2.45, 2.75) is 25.7 Å². The molecule has 0 saturated heterocycles. The van der Waals surface area contributed by atoms with Gasteiger partial charge in [0.25, 0.3) is 0 Å². The number of anilines is 1. The Morgan fingerprint density at radius 1 is 1.42 bits per heavy atom. The first-order valence-electron chi connectivity index (χ1n) is 7.97. The van der Waals surface area contributed by atoms with E-state index in [1.54, 1.807) is 18.3 Å². The molecule has 2 N–H and O–H groups in total. The minimum Gasteiger partial charge on any atom is -0.338 e. The summed E-state index contributed by atoms with van der Waals surface area (Å²) in [5, 5.41) is 18.7. The van der Waals surface area contributed by atoms with Crippen LogP contribution in [0.3, 0.4) is 0 Å². The molecule has 0 bridgehead atoms. The Morgan fingerprint density at radius 3 is 2.96 bits per heavy atom. The highest BCUT2D eigenvalue weighted by atomic mass is 19.1. The van der Waals surface area contributed by atoms with E-state index in [0.29, 0.717) is 18.1 Å². The summed E-state index contributed by atoms with van der Waals surface area (Å²) in [4.78, 5) is 11.8. The molecule has 1 aromatic heterocycles. The summed E-state index contributed by atoms with van der Waals surface area (Å²) in [7, 11) is 0. The van der Waals surface area contributed by atoms with Gasteiger partial charge in [-0.25, -0.2) is 13.9 Å². The molecular formula is C17H18FN5O. The van der Waals surface area contributed by atoms with Crippen LogP contribution in [0.4, 0.5) is 15.0 Å². The van der Waals surface area contributed by atoms with E-state index in [4.69, 9.17) is 5.26 Å². The standard InChI is InChI=1S/C17H18FN5O/c18-14-5-2-6-15(13(14)11-19)23-10-8-16(22-23)21-17(24)20-9-7-12-3-1-4-12/h2,5-6,8,10,12H,1,3-4,7,9H2,(H2,20,21,22,24). The van der Waals surface area contributed by atoms with Crippen molar-refractivity contribution in [2.24, 2.45) is 5.92 Å². The predicted octanol–water partition coefficient (Wildman–Crippen LogP) is 3.19. The third-order valence-electron chi connectivity index (χ3n) is 4.24. The molecule has 3 rings (SSSR count). The maximum Gasteiger partial charge on any atom is 0.320 e. The third kappa shape index (κ3) is 3.54. The number of hydrogen-bond acceptors (Lipinski definition) is 3. The summed E-state index contributed by atoms with van der Waals surface area (Å²) in [6, 6.07) is 7.43. The first kappa shape index (κ1) is 16.0. The zero-order chi connectivity index (χ0) is 16.9. The normalized spacial score (nSPS) is 13.8. The second-order valence-corrected chi connectivity index (χ2v) is 5.86. The van der Waals surface area contributed by atoms with Crippen molar-refractivity contribution in [1.82, 2.24) is 15.1 Å². The van der Waals surface area contributed by atoms with Crippen LogP contribution >= 0.6 is 0 Å². The first-order valence-corrected chi connectivity index (χ1v) is 7.97. The fourth-order valence-corrected chi connectivity index (χ4v) is 2.67. The molecule has 0 aliphatic heterocycles. The molecule has 24 heavy (non-hydrogen) atoms. The van der Waals surface area contributed by atoms with Gasteiger partial charge < -0.3 is 5.32 Å². The van der Waals surface area contributed by atoms with Crippen molar-refractivity contribution in [3.05, 3.63) is 41.8 Å². The fraction of sp³-hybridized carbons (Fsp3) is 0.353. The summed E-state index contributed by atoms with van der Waals surface area (Å²) in [5.41, 5.74) is 0.244. The molecule has 1 aromatic carbocycles. The van der Waals surface area contributed by atoms with E-state index in [-0.39, 0.29) is 11.6 Å². The van der Waals surface area contributed by atoms with Gasteiger partial charge in [0.05, 0.1) is 5.69 Å². The molecule has 0 unspecified atom stereocenters. The van der Waals surface area contributed by atoms with Gasteiger partial charge in [-0.05, 0) is 24.5 Å². The molecular weight excluding hydrogens is 309 g/mol. The van der Waals surface area contributed by atoms with Gasteiger partial charge in [0.2, 0.25) is 0 Å². The van der Waals surface area contributed by atoms with Crippen LogP contribution in [0.1, 0.15) is 31.2 Å². The number of nitrogens with one attached hydrogen (secondary N) is 2. The Labute approximate surface area is 139 Å². The second kappa shape index (κ2) is 7.13. The minimum absolute atomic E-state index is 0.0860. The fourth-order valence-electron chi connectivity index (χ4n) is 2.67. The molecule has 0 spiro atoms. The topological polar surface area (TPSA) is 82.7 Å². The van der Waals surface area contributed by atoms with Crippen LogP contribution in [0.2, 0.25) is 0 Å². The molecule has 0 radical (unpaired) electrons. The van der Waals surface area contributed by atoms with Crippen LogP contribution in [-0.2, 0) is 0 Å². The smallest absolute Gasteiger partial charge is 0.320 e. The molecule has 2 amide bonds. The van der Waals surface area contributed by atoms with Crippen LogP contribution in [-0.4, -0.2) is 22.4 Å². The third-order valence-corrected chi connectivity index (χ3v) is 4.24. The van der Waals surface area contributed by atoms with Gasteiger partial charge in [-0.15, -0.1) is 5.10 Å². The number of hydrogen-bond donors (Lipinski definition) is 2. The molecule has 1 aliphatic rings. The minimum atomic E-state index is -0.603. The van der Waals surface area contributed by atoms with Crippen molar-refractivity contribution in [3.8, 4) is 11.8 Å². The first-order chi connectivity index (χ1) is 11.7. The van der Waals surface area contributed by atoms with E-state index in [9.17, 15) is 9.18 Å². The summed E-state index contributed by atoms with van der Waals surface area (Å²) in [6.45, 7) is 0.639. The highest BCUT2D eigenvalue weighted by molar-refractivity contribution is 5.88. The Kier molecular flexibility index (Phi) is 4.75. The molecule has 1 saturated carbocycles. The number of carbonyl (C=O) groups is 1. The van der Waals surface area contributed by atoms with E-state index < -0.39 is 5.82 Å². The van der Waals surface area contributed by atoms with Crippen LogP contribution in [0, 0.1) is 23.1 Å². The number of nitriles is 1. The molecule has 1 heterocycles. The average molecular weight is 327 g/mol. The maximum absolute atomic E-state index is 13.6. The predicted molar refractivity (Wildman–Crippen MR) is 87.2 cm³/mol. The van der Waals surface area contributed by atoms with Crippen molar-refractivity contribution in [2.75, 3.05) is 11.9 Å². The molecule has 124 valence electrons. The van der Waals surface area contributed by atoms with Gasteiger partial charge in [-0.3, -0.25) is 5.32 Å². The van der Waals surface area contributed by atoms with Crippen molar-refractivity contribution in [3.63, 3.8) is 0 Å². The summed E-state index contributed by atoms with van der Waals surface area (Å²) < 4.78 is 15.0. The monoisotopic (exact) mass is 327 g/mol. The lowest BCUT2D eigenvalue weighted by molar-refractivity contribution is 0.247. The molecule has 0 atom stereocenters. The average Bonchev–Trinajstić information content (AvgIpc) is 2.97. The maximum atomic E-state index is 13.6. The SMILES string of the molecule is N#Cc1c(F)cccc1-n1ccc(NC(=O)NCCC2CCC2)n1. The molecule has 6 nitrogen and oxygen atoms in total. The van der Waals surface area contributed by atoms with Crippen molar-refractivity contribution < 1.29 is 9.18 Å². The summed E-state index contributed by atoms with van der Waals surface area (Å²) in [5.74, 6) is 0.472. The van der Waals surface area contributed by atoms with E-state index in [1.165, 1.54) is 36.1 Å². The van der Waals surface area contributed by atoms with Gasteiger partial charge in [-0.2, -0.15) is 5.26 Å². The van der Waals surface area contributed by atoms with Crippen molar-refractivity contribution in [1.29, 1.82) is 5.26 Å². The number of rotatable bonds is 5. The Balaban J connectivity index is 1.60. The summed E-state index contributed by atoms with van der Waals surface area (Å²) in [6.07, 6.45) is 6.36. The van der Waals surface area contributed by atoms with Gasteiger partial charge >= 0.3 is 6.03 Å². The van der Waals surface area contributed by atoms with Gasteiger partial charge in [-0.1, -0.05) is 25.3 Å². The van der Waals surface area contributed by atoms with Crippen LogP contribution in [0.25, 0.3) is 5.69 Å². The lowest BCUT2D eigenvalue weighted by atomic mass is 9.83. The van der Waals surface area contributed by atoms with Gasteiger partial charge in [0, 0.05) is 18.8 Å². The lowest BCUT2D eigenvalue weighted by Crippen LogP contribution is -2.31. The number of halogens is 1. The number of carbonyl (C=O) groups excluding carboxylic acids is 1. The summed E-state index contributed by atoms with van der Waals surface area (Å²) >= 11 is 0. The molecule has 7 heteroatoms. The van der Waals surface area contributed by atoms with E-state index in [2.05, 4.69) is 15.7 Å². The molecule has 1 fully saturated rings. The highest BCUT2D eigenvalue weighted by Gasteiger charge is 2.17. The number of amides is 2. The van der Waals surface area contributed by atoms with Crippen molar-refractivity contribution >= 4 is 11.8 Å². The number of urea groups is 1. The van der Waals surface area contributed by atoms with Crippen LogP contribution < -0.4 is 10.6 Å². The van der Waals surface area contributed by atoms with Crippen LogP contribution in [0.15, 0.2) is 30.5 Å². The second-order valence-electron chi connectivity index (χ2n) is 5.86. The largest absolute Gasteiger partial charge is 0.338 e. The van der Waals surface area contributed by atoms with Crippen LogP contribution in [0.5, 0.6) is 0 Å². The number of aromatic nitrogens is 2. The lowest BCUT2D eigenvalue weighted by Gasteiger charge is -2.25. The Hall–Kier alpha value is -2.88. The molecule has 2 aromatic rings. The van der Waals surface area contributed by atoms with E-state index in [0.717, 1.165) is 12.3 Å². The molecule has 1 aliphatic carbocycles.